The van der Waals surface area contributed by atoms with E-state index in [1.807, 2.05) is 72.8 Å². The summed E-state index contributed by atoms with van der Waals surface area (Å²) in [5.74, 6) is -0.0271. The van der Waals surface area contributed by atoms with Crippen molar-refractivity contribution in [2.45, 2.75) is 6.42 Å². The van der Waals surface area contributed by atoms with E-state index in [9.17, 15) is 4.79 Å². The summed E-state index contributed by atoms with van der Waals surface area (Å²) in [6.45, 7) is 0.727. The lowest BCUT2D eigenvalue weighted by Crippen LogP contribution is -2.30. The molecular formula is C22H20N2OS. The molecule has 2 N–H and O–H groups in total. The predicted octanol–water partition coefficient (Wildman–Crippen LogP) is 4.45. The summed E-state index contributed by atoms with van der Waals surface area (Å²) in [4.78, 5) is 12.7. The van der Waals surface area contributed by atoms with Crippen LogP contribution < -0.4 is 10.6 Å². The standard InChI is InChI=1S/C22H20N2OS/c25-21(18-11-5-2-6-12-18)19-13-7-8-14-20(19)24-22(26)23-16-15-17-9-3-1-4-10-17/h1-14H,15-16H2,(H2,23,24,26). The molecule has 3 nitrogen and oxygen atoms in total. The van der Waals surface area contributed by atoms with Crippen molar-refractivity contribution in [1.82, 2.24) is 5.32 Å². The Morgan fingerprint density at radius 2 is 1.42 bits per heavy atom. The van der Waals surface area contributed by atoms with Crippen LogP contribution in [0, 0.1) is 0 Å². The molecule has 0 unspecified atom stereocenters. The van der Waals surface area contributed by atoms with Gasteiger partial charge in [-0.2, -0.15) is 0 Å². The monoisotopic (exact) mass is 360 g/mol. The largest absolute Gasteiger partial charge is 0.362 e. The molecule has 0 aliphatic rings. The molecule has 0 fully saturated rings. The summed E-state index contributed by atoms with van der Waals surface area (Å²) in [6.07, 6.45) is 0.882. The van der Waals surface area contributed by atoms with Crippen LogP contribution in [0.25, 0.3) is 0 Å². The zero-order valence-corrected chi connectivity index (χ0v) is 15.1. The third-order valence-corrected chi connectivity index (χ3v) is 4.24. The number of thiocarbonyl (C=S) groups is 1. The number of hydrogen-bond donors (Lipinski definition) is 2. The number of benzene rings is 3. The molecule has 3 rings (SSSR count). The first kappa shape index (κ1) is 17.8. The average Bonchev–Trinajstić information content (AvgIpc) is 2.69. The summed E-state index contributed by atoms with van der Waals surface area (Å²) in [7, 11) is 0. The van der Waals surface area contributed by atoms with Crippen molar-refractivity contribution in [2.24, 2.45) is 0 Å². The maximum absolute atomic E-state index is 12.7. The molecule has 0 atom stereocenters. The minimum absolute atomic E-state index is 0.0271. The van der Waals surface area contributed by atoms with Crippen LogP contribution in [-0.2, 0) is 6.42 Å². The fourth-order valence-electron chi connectivity index (χ4n) is 2.67. The molecule has 0 saturated carbocycles. The van der Waals surface area contributed by atoms with Crippen LogP contribution in [-0.4, -0.2) is 17.4 Å². The summed E-state index contributed by atoms with van der Waals surface area (Å²) in [5.41, 5.74) is 3.22. The zero-order valence-electron chi connectivity index (χ0n) is 14.3. The first-order chi connectivity index (χ1) is 12.7. The van der Waals surface area contributed by atoms with Crippen molar-refractivity contribution >= 4 is 28.8 Å². The van der Waals surface area contributed by atoms with Gasteiger partial charge in [-0.15, -0.1) is 0 Å². The molecular weight excluding hydrogens is 340 g/mol. The van der Waals surface area contributed by atoms with Crippen molar-refractivity contribution in [1.29, 1.82) is 0 Å². The minimum Gasteiger partial charge on any atom is -0.362 e. The van der Waals surface area contributed by atoms with Gasteiger partial charge in [-0.3, -0.25) is 4.79 Å². The van der Waals surface area contributed by atoms with Gasteiger partial charge in [0.25, 0.3) is 0 Å². The number of carbonyl (C=O) groups is 1. The van der Waals surface area contributed by atoms with E-state index >= 15 is 0 Å². The van der Waals surface area contributed by atoms with Crippen LogP contribution in [0.4, 0.5) is 5.69 Å². The fraction of sp³-hybridized carbons (Fsp3) is 0.0909. The summed E-state index contributed by atoms with van der Waals surface area (Å²) < 4.78 is 0. The van der Waals surface area contributed by atoms with Crippen LogP contribution in [0.2, 0.25) is 0 Å². The second-order valence-electron chi connectivity index (χ2n) is 5.86. The maximum Gasteiger partial charge on any atom is 0.195 e. The Balaban J connectivity index is 1.63. The van der Waals surface area contributed by atoms with Gasteiger partial charge >= 0.3 is 0 Å². The van der Waals surface area contributed by atoms with Crippen molar-refractivity contribution in [3.63, 3.8) is 0 Å². The third-order valence-electron chi connectivity index (χ3n) is 4.00. The number of hydrogen-bond acceptors (Lipinski definition) is 2. The summed E-state index contributed by atoms with van der Waals surface area (Å²) in [6, 6.07) is 26.9. The van der Waals surface area contributed by atoms with Gasteiger partial charge in [0.1, 0.15) is 0 Å². The summed E-state index contributed by atoms with van der Waals surface area (Å²) >= 11 is 5.38. The number of anilines is 1. The summed E-state index contributed by atoms with van der Waals surface area (Å²) in [5, 5.41) is 6.85. The molecule has 0 heterocycles. The molecule has 26 heavy (non-hydrogen) atoms. The van der Waals surface area contributed by atoms with Crippen molar-refractivity contribution in [3.8, 4) is 0 Å². The van der Waals surface area contributed by atoms with E-state index in [0.717, 1.165) is 13.0 Å². The Morgan fingerprint density at radius 3 is 2.15 bits per heavy atom. The highest BCUT2D eigenvalue weighted by Crippen LogP contribution is 2.19. The van der Waals surface area contributed by atoms with E-state index in [4.69, 9.17) is 12.2 Å². The minimum atomic E-state index is -0.0271. The highest BCUT2D eigenvalue weighted by Gasteiger charge is 2.13. The third kappa shape index (κ3) is 4.77. The molecule has 0 amide bonds. The van der Waals surface area contributed by atoms with Crippen molar-refractivity contribution in [3.05, 3.63) is 102 Å². The van der Waals surface area contributed by atoms with Crippen LogP contribution in [0.15, 0.2) is 84.9 Å². The van der Waals surface area contributed by atoms with E-state index < -0.39 is 0 Å². The molecule has 3 aromatic carbocycles. The van der Waals surface area contributed by atoms with Gasteiger partial charge < -0.3 is 10.6 Å². The van der Waals surface area contributed by atoms with Crippen LogP contribution in [0.3, 0.4) is 0 Å². The molecule has 0 spiro atoms. The maximum atomic E-state index is 12.7. The average molecular weight is 360 g/mol. The first-order valence-corrected chi connectivity index (χ1v) is 8.92. The van der Waals surface area contributed by atoms with E-state index in [-0.39, 0.29) is 5.78 Å². The van der Waals surface area contributed by atoms with E-state index in [2.05, 4.69) is 22.8 Å². The Bertz CT molecular complexity index is 879. The number of carbonyl (C=O) groups excluding carboxylic acids is 1. The molecule has 3 aromatic rings. The molecule has 0 bridgehead atoms. The van der Waals surface area contributed by atoms with Gasteiger partial charge in [-0.05, 0) is 36.3 Å². The lowest BCUT2D eigenvalue weighted by Gasteiger charge is -2.13. The highest BCUT2D eigenvalue weighted by molar-refractivity contribution is 7.80. The Kier molecular flexibility index (Phi) is 6.12. The van der Waals surface area contributed by atoms with Gasteiger partial charge in [0.15, 0.2) is 10.9 Å². The lowest BCUT2D eigenvalue weighted by molar-refractivity contribution is 0.103. The van der Waals surface area contributed by atoms with E-state index in [1.165, 1.54) is 5.56 Å². The molecule has 0 aliphatic carbocycles. The number of ketones is 1. The van der Waals surface area contributed by atoms with Gasteiger partial charge in [0.05, 0.1) is 5.69 Å². The Labute approximate surface area is 159 Å². The van der Waals surface area contributed by atoms with Gasteiger partial charge in [0, 0.05) is 17.7 Å². The molecule has 0 aliphatic heterocycles. The van der Waals surface area contributed by atoms with E-state index in [0.29, 0.717) is 21.9 Å². The van der Waals surface area contributed by atoms with Gasteiger partial charge in [-0.25, -0.2) is 0 Å². The first-order valence-electron chi connectivity index (χ1n) is 8.51. The molecule has 0 saturated heterocycles. The van der Waals surface area contributed by atoms with Crippen LogP contribution >= 0.6 is 12.2 Å². The van der Waals surface area contributed by atoms with Gasteiger partial charge in [-0.1, -0.05) is 72.8 Å². The second-order valence-corrected chi connectivity index (χ2v) is 6.27. The molecule has 130 valence electrons. The molecule has 0 aromatic heterocycles. The highest BCUT2D eigenvalue weighted by atomic mass is 32.1. The van der Waals surface area contributed by atoms with Crippen LogP contribution in [0.5, 0.6) is 0 Å². The quantitative estimate of drug-likeness (QED) is 0.503. The van der Waals surface area contributed by atoms with Crippen LogP contribution in [0.1, 0.15) is 21.5 Å². The normalized spacial score (nSPS) is 10.2. The topological polar surface area (TPSA) is 41.1 Å². The lowest BCUT2D eigenvalue weighted by atomic mass is 10.0. The number of nitrogens with one attached hydrogen (secondary N) is 2. The second kappa shape index (κ2) is 8.92. The fourth-order valence-corrected chi connectivity index (χ4v) is 2.88. The van der Waals surface area contributed by atoms with E-state index in [1.54, 1.807) is 0 Å². The predicted molar refractivity (Wildman–Crippen MR) is 111 cm³/mol. The molecule has 4 heteroatoms. The number of para-hydroxylation sites is 1. The Morgan fingerprint density at radius 1 is 0.808 bits per heavy atom. The molecule has 0 radical (unpaired) electrons. The number of rotatable bonds is 6. The Hall–Kier alpha value is -2.98. The van der Waals surface area contributed by atoms with Gasteiger partial charge in [0.2, 0.25) is 0 Å². The smallest absolute Gasteiger partial charge is 0.195 e. The van der Waals surface area contributed by atoms with Crippen molar-refractivity contribution in [2.75, 3.05) is 11.9 Å². The SMILES string of the molecule is O=C(c1ccccc1)c1ccccc1NC(=S)NCCc1ccccc1. The zero-order chi connectivity index (χ0) is 18.2. The van der Waals surface area contributed by atoms with Crippen molar-refractivity contribution < 1.29 is 4.79 Å².